The lowest BCUT2D eigenvalue weighted by atomic mass is 9.81. The summed E-state index contributed by atoms with van der Waals surface area (Å²) in [5, 5.41) is 3.69. The Hall–Kier alpha value is -12.2. The Bertz CT molecular complexity index is 6900. The summed E-state index contributed by atoms with van der Waals surface area (Å²) in [5.41, 5.74) is 30.3. The molecule has 18 aromatic rings. The lowest BCUT2D eigenvalue weighted by molar-refractivity contribution is -0.211. The lowest BCUT2D eigenvalue weighted by Gasteiger charge is -2.30. The van der Waals surface area contributed by atoms with Crippen LogP contribution in [-0.2, 0) is 12.8 Å². The van der Waals surface area contributed by atoms with E-state index in [4.69, 9.17) is 0 Å². The lowest BCUT2D eigenvalue weighted by Crippen LogP contribution is -2.35. The first-order chi connectivity index (χ1) is 60.2. The van der Waals surface area contributed by atoms with Gasteiger partial charge < -0.3 is 0 Å². The number of aryl methyl sites for hydroxylation is 12. The van der Waals surface area contributed by atoms with E-state index < -0.39 is 23.2 Å². The van der Waals surface area contributed by atoms with Crippen molar-refractivity contribution in [3.8, 4) is 78.8 Å². The van der Waals surface area contributed by atoms with Crippen LogP contribution in [-0.4, -0.2) is 62.2 Å². The van der Waals surface area contributed by atoms with E-state index in [2.05, 4.69) is 304 Å². The van der Waals surface area contributed by atoms with Crippen molar-refractivity contribution in [1.82, 2.24) is 49.8 Å². The van der Waals surface area contributed by atoms with E-state index in [0.717, 1.165) is 101 Å². The van der Waals surface area contributed by atoms with Crippen LogP contribution in [0.3, 0.4) is 0 Å². The molecule has 0 aliphatic carbocycles. The number of rotatable bonds is 13. The summed E-state index contributed by atoms with van der Waals surface area (Å²) in [5.74, 6) is 1.03. The van der Waals surface area contributed by atoms with Crippen molar-refractivity contribution >= 4 is 94.9 Å². The number of aromatic nitrogens is 10. The Kier molecular flexibility index (Phi) is 26.8. The molecule has 8 aromatic heterocycles. The third-order valence-corrected chi connectivity index (χ3v) is 26.1. The van der Waals surface area contributed by atoms with E-state index in [1.165, 1.54) is 140 Å². The zero-order chi connectivity index (χ0) is 90.9. The second-order valence-electron chi connectivity index (χ2n) is 35.8. The molecule has 646 valence electrons. The van der Waals surface area contributed by atoms with E-state index in [1.807, 2.05) is 43.4 Å². The Morgan fingerprint density at radius 2 is 0.575 bits per heavy atom. The average Bonchev–Trinajstić information content (AvgIpc) is 1.62. The predicted octanol–water partition coefficient (Wildman–Crippen LogP) is 31.4. The minimum Gasteiger partial charge on any atom is -0.236 e. The summed E-state index contributed by atoms with van der Waals surface area (Å²) in [4.78, 5) is 45.0. The summed E-state index contributed by atoms with van der Waals surface area (Å²) < 4.78 is 89.1. The van der Waals surface area contributed by atoms with Gasteiger partial charge in [-0.3, -0.25) is 0 Å². The van der Waals surface area contributed by atoms with Gasteiger partial charge in [-0.15, -0.1) is 34.0 Å². The van der Waals surface area contributed by atoms with Crippen molar-refractivity contribution in [3.05, 3.63) is 321 Å². The molecule has 0 saturated carbocycles. The van der Waals surface area contributed by atoms with Gasteiger partial charge in [-0.1, -0.05) is 213 Å². The molecule has 0 unspecified atom stereocenters. The maximum Gasteiger partial charge on any atom is 0.394 e. The van der Waals surface area contributed by atoms with Gasteiger partial charge in [0.1, 0.15) is 31.6 Å². The SMILES string of the molecule is Cc1cc(C)cc(-c2cc(-c3cc(C)cc(C)c3)ncn2)c1.Cc1cc(C)cc(-c2cc(-c3cc(CC(C)(C)C(F)(F)F)cc(CC(C)(C)C(F)(F)F)c3)ncn2)c1.Cc1cc(C)cc(-c2ncnc3c2sc2c(C(C)C)cccc23)c1.Cc1cc(C)cc(-c2ncnc3c2sc2cc(C(C)C)ccc23)c1.Cc1cc(C)cc(-c2ncnc3c2sc2ccccc23)c1. The zero-order valence-electron chi connectivity index (χ0n) is 75.5. The van der Waals surface area contributed by atoms with Gasteiger partial charge in [-0.2, -0.15) is 26.3 Å². The number of halogens is 6. The Morgan fingerprint density at radius 1 is 0.268 bits per heavy atom. The fraction of sp³-hybridized carbons (Fsp3) is 0.259. The van der Waals surface area contributed by atoms with Crippen molar-refractivity contribution in [3.63, 3.8) is 0 Å². The molecule has 0 amide bonds. The van der Waals surface area contributed by atoms with Gasteiger partial charge in [0.25, 0.3) is 0 Å². The molecule has 10 nitrogen and oxygen atoms in total. The number of benzene rings is 10. The molecule has 0 bridgehead atoms. The van der Waals surface area contributed by atoms with Crippen LogP contribution in [0, 0.1) is 93.9 Å². The summed E-state index contributed by atoms with van der Waals surface area (Å²) in [7, 11) is 0. The normalized spacial score (nSPS) is 11.9. The molecule has 18 rings (SSSR count). The topological polar surface area (TPSA) is 129 Å². The van der Waals surface area contributed by atoms with Gasteiger partial charge >= 0.3 is 12.4 Å². The minimum atomic E-state index is -4.47. The first kappa shape index (κ1) is 91.1. The minimum absolute atomic E-state index is 0.300. The maximum atomic E-state index is 13.6. The predicted molar refractivity (Wildman–Crippen MR) is 519 cm³/mol. The highest BCUT2D eigenvalue weighted by Gasteiger charge is 2.49. The fourth-order valence-electron chi connectivity index (χ4n) is 16.5. The van der Waals surface area contributed by atoms with Crippen LogP contribution in [0.4, 0.5) is 26.3 Å². The standard InChI is InChI=1S/C28H30F6N2.2C21H20N2S.C20H20N2.C18H14N2S/c1-17-7-18(2)9-21(8-17)23-13-24(36-16-35-23)22-11-19(14-25(3,4)27(29,30)31)10-20(12-22)15-26(5,6)28(32,33)34;1-12(2)15-5-6-17-18(10-15)24-21-19(22-11-23-20(17)21)16-8-13(3)7-14(4)9-16;1-12(2)16-6-5-7-17-19-21(24-20(16)17)18(22-11-23-19)15-9-13(3)8-14(4)10-15;1-13-5-14(2)8-17(7-13)19-11-20(22-12-21-19)18-9-15(3)6-16(4)10-18;1-11-7-12(2)9-13(8-11)16-18-17(20-10-19-16)14-5-3-4-6-15(14)21-18/h7-13,16H,14-15H2,1-6H3;2*5-12H,1-4H3;5-12H,1-4H3;3-10H,1-2H3. The van der Waals surface area contributed by atoms with Crippen molar-refractivity contribution in [2.75, 3.05) is 0 Å². The summed E-state index contributed by atoms with van der Waals surface area (Å²) in [6.45, 7) is 38.5. The molecule has 8 heterocycles. The highest BCUT2D eigenvalue weighted by atomic mass is 32.1. The Balaban J connectivity index is 0.000000130. The van der Waals surface area contributed by atoms with Crippen LogP contribution in [0.1, 0.15) is 156 Å². The van der Waals surface area contributed by atoms with Crippen molar-refractivity contribution < 1.29 is 26.3 Å². The second-order valence-corrected chi connectivity index (χ2v) is 38.9. The van der Waals surface area contributed by atoms with Crippen LogP contribution in [0.25, 0.3) is 140 Å². The molecular formula is C108H104F6N10S3. The summed E-state index contributed by atoms with van der Waals surface area (Å²) in [6, 6.07) is 68.8. The Labute approximate surface area is 752 Å². The number of fused-ring (bicyclic) bond motifs is 9. The third kappa shape index (κ3) is 21.1. The molecule has 0 atom stereocenters. The average molecular weight is 1750 g/mol. The van der Waals surface area contributed by atoms with Gasteiger partial charge in [-0.25, -0.2) is 49.8 Å². The molecular weight excluding hydrogens is 1650 g/mol. The number of hydrogen-bond acceptors (Lipinski definition) is 13. The number of alkyl halides is 6. The first-order valence-electron chi connectivity index (χ1n) is 42.6. The van der Waals surface area contributed by atoms with Gasteiger partial charge in [0.2, 0.25) is 0 Å². The molecule has 0 N–H and O–H groups in total. The van der Waals surface area contributed by atoms with Gasteiger partial charge in [0, 0.05) is 69.2 Å². The maximum absolute atomic E-state index is 13.6. The fourth-order valence-corrected chi connectivity index (χ4v) is 20.4. The van der Waals surface area contributed by atoms with Crippen molar-refractivity contribution in [1.29, 1.82) is 0 Å². The number of nitrogens with zero attached hydrogens (tertiary/aromatic N) is 10. The zero-order valence-corrected chi connectivity index (χ0v) is 77.9. The number of thiophene rings is 3. The summed E-state index contributed by atoms with van der Waals surface area (Å²) in [6.07, 6.45) is -1.62. The van der Waals surface area contributed by atoms with E-state index in [9.17, 15) is 26.3 Å². The van der Waals surface area contributed by atoms with Crippen molar-refractivity contribution in [2.24, 2.45) is 10.8 Å². The van der Waals surface area contributed by atoms with E-state index in [1.54, 1.807) is 66.2 Å². The van der Waals surface area contributed by atoms with Crippen LogP contribution >= 0.6 is 34.0 Å². The van der Waals surface area contributed by atoms with Gasteiger partial charge in [-0.05, 0) is 239 Å². The molecule has 0 saturated heterocycles. The largest absolute Gasteiger partial charge is 0.394 e. The van der Waals surface area contributed by atoms with E-state index in [0.29, 0.717) is 39.9 Å². The molecule has 0 radical (unpaired) electrons. The molecule has 0 fully saturated rings. The molecule has 19 heteroatoms. The Morgan fingerprint density at radius 3 is 0.929 bits per heavy atom. The van der Waals surface area contributed by atoms with Crippen LogP contribution < -0.4 is 0 Å². The highest BCUT2D eigenvalue weighted by Crippen LogP contribution is 2.47. The van der Waals surface area contributed by atoms with E-state index >= 15 is 0 Å². The molecule has 127 heavy (non-hydrogen) atoms. The second kappa shape index (κ2) is 37.4. The monoisotopic (exact) mass is 1750 g/mol. The first-order valence-corrected chi connectivity index (χ1v) is 45.0. The highest BCUT2D eigenvalue weighted by molar-refractivity contribution is 7.27. The summed E-state index contributed by atoms with van der Waals surface area (Å²) >= 11 is 5.40. The van der Waals surface area contributed by atoms with Gasteiger partial charge in [0.15, 0.2) is 0 Å². The van der Waals surface area contributed by atoms with Crippen LogP contribution in [0.15, 0.2) is 232 Å². The molecule has 10 aromatic carbocycles. The van der Waals surface area contributed by atoms with E-state index in [-0.39, 0.29) is 12.8 Å². The van der Waals surface area contributed by atoms with Crippen LogP contribution in [0.2, 0.25) is 0 Å². The quantitative estimate of drug-likeness (QED) is 0.103. The molecule has 0 aliphatic rings. The molecule has 0 aliphatic heterocycles. The van der Waals surface area contributed by atoms with Crippen molar-refractivity contribution in [2.45, 2.75) is 176 Å². The van der Waals surface area contributed by atoms with Gasteiger partial charge in [0.05, 0.1) is 81.3 Å². The molecule has 0 spiro atoms. The van der Waals surface area contributed by atoms with Crippen LogP contribution in [0.5, 0.6) is 0 Å². The smallest absolute Gasteiger partial charge is 0.236 e. The number of hydrogen-bond donors (Lipinski definition) is 0. The third-order valence-electron chi connectivity index (χ3n) is 22.6.